The van der Waals surface area contributed by atoms with Crippen LogP contribution < -0.4 is 11.1 Å². The van der Waals surface area contributed by atoms with Crippen LogP contribution in [0.25, 0.3) is 0 Å². The summed E-state index contributed by atoms with van der Waals surface area (Å²) in [6, 6.07) is 0. The zero-order valence-corrected chi connectivity index (χ0v) is 12.7. The second-order valence-electron chi connectivity index (χ2n) is 4.85. The molecule has 0 aliphatic carbocycles. The van der Waals surface area contributed by atoms with Gasteiger partial charge in [0.1, 0.15) is 0 Å². The van der Waals surface area contributed by atoms with Gasteiger partial charge in [-0.1, -0.05) is 0 Å². The number of likely N-dealkylation sites (tertiary alicyclic amines) is 1. The van der Waals surface area contributed by atoms with Crippen molar-refractivity contribution in [1.82, 2.24) is 15.2 Å². The van der Waals surface area contributed by atoms with Gasteiger partial charge in [-0.05, 0) is 25.3 Å². The van der Waals surface area contributed by atoms with Crippen molar-refractivity contribution in [3.05, 3.63) is 11.1 Å². The molecule has 5 nitrogen and oxygen atoms in total. The molecular weight excluding hydrogens is 284 g/mol. The molecule has 0 radical (unpaired) electrons. The molecule has 0 aromatic carbocycles. The molecular formula is C12H21ClN4OS. The number of thiazole rings is 1. The topological polar surface area (TPSA) is 71.2 Å². The summed E-state index contributed by atoms with van der Waals surface area (Å²) in [4.78, 5) is 18.6. The van der Waals surface area contributed by atoms with Crippen molar-refractivity contribution >= 4 is 34.8 Å². The van der Waals surface area contributed by atoms with Crippen LogP contribution in [0.5, 0.6) is 0 Å². The minimum atomic E-state index is 0. The fraction of sp³-hybridized carbons (Fsp3) is 0.667. The third-order valence-corrected chi connectivity index (χ3v) is 4.00. The van der Waals surface area contributed by atoms with Gasteiger partial charge in [0.2, 0.25) is 5.91 Å². The molecule has 1 aromatic rings. The van der Waals surface area contributed by atoms with Crippen LogP contribution in [-0.4, -0.2) is 35.4 Å². The highest BCUT2D eigenvalue weighted by molar-refractivity contribution is 7.15. The van der Waals surface area contributed by atoms with E-state index in [-0.39, 0.29) is 18.3 Å². The lowest BCUT2D eigenvalue weighted by Crippen LogP contribution is -2.40. The number of rotatable bonds is 4. The second-order valence-corrected chi connectivity index (χ2v) is 5.99. The first-order chi connectivity index (χ1) is 8.63. The maximum atomic E-state index is 10.9. The van der Waals surface area contributed by atoms with Crippen LogP contribution in [0.2, 0.25) is 0 Å². The van der Waals surface area contributed by atoms with Crippen LogP contribution in [0.15, 0.2) is 6.20 Å². The number of anilines is 1. The van der Waals surface area contributed by atoms with Crippen molar-refractivity contribution in [1.29, 1.82) is 0 Å². The number of hydrogen-bond acceptors (Lipinski definition) is 5. The third kappa shape index (κ3) is 5.34. The number of halogens is 1. The molecule has 1 aliphatic heterocycles. The van der Waals surface area contributed by atoms with Gasteiger partial charge < -0.3 is 11.1 Å². The molecule has 1 aromatic heterocycles. The number of piperidine rings is 1. The lowest BCUT2D eigenvalue weighted by molar-refractivity contribution is -0.119. The van der Waals surface area contributed by atoms with Gasteiger partial charge in [0, 0.05) is 37.6 Å². The van der Waals surface area contributed by atoms with Crippen molar-refractivity contribution in [3.63, 3.8) is 0 Å². The summed E-state index contributed by atoms with van der Waals surface area (Å²) < 4.78 is 0. The number of aromatic nitrogens is 1. The summed E-state index contributed by atoms with van der Waals surface area (Å²) in [6.45, 7) is 5.44. The molecule has 1 fully saturated rings. The van der Waals surface area contributed by atoms with E-state index in [1.54, 1.807) is 18.3 Å². The van der Waals surface area contributed by atoms with Gasteiger partial charge in [0.15, 0.2) is 5.13 Å². The smallest absolute Gasteiger partial charge is 0.216 e. The van der Waals surface area contributed by atoms with Crippen LogP contribution in [0.3, 0.4) is 0 Å². The van der Waals surface area contributed by atoms with Gasteiger partial charge in [0.05, 0.1) is 0 Å². The first kappa shape index (κ1) is 16.2. The summed E-state index contributed by atoms with van der Waals surface area (Å²) in [5.41, 5.74) is 5.63. The molecule has 0 spiro atoms. The minimum Gasteiger partial charge on any atom is -0.375 e. The van der Waals surface area contributed by atoms with Crippen molar-refractivity contribution in [2.24, 2.45) is 5.92 Å². The van der Waals surface area contributed by atoms with E-state index in [4.69, 9.17) is 5.73 Å². The van der Waals surface area contributed by atoms with Crippen molar-refractivity contribution in [2.45, 2.75) is 26.3 Å². The van der Waals surface area contributed by atoms with Crippen LogP contribution in [0, 0.1) is 5.92 Å². The molecule has 1 saturated heterocycles. The monoisotopic (exact) mass is 304 g/mol. The summed E-state index contributed by atoms with van der Waals surface area (Å²) in [5.74, 6) is 0.621. The normalized spacial score (nSPS) is 19.7. The minimum absolute atomic E-state index is 0. The van der Waals surface area contributed by atoms with Crippen molar-refractivity contribution in [2.75, 3.05) is 25.4 Å². The molecule has 1 unspecified atom stereocenters. The first-order valence-corrected chi connectivity index (χ1v) is 7.12. The number of carbonyl (C=O) groups is 1. The Balaban J connectivity index is 0.00000180. The van der Waals surface area contributed by atoms with E-state index in [0.717, 1.165) is 26.2 Å². The molecule has 108 valence electrons. The summed E-state index contributed by atoms with van der Waals surface area (Å²) in [5, 5.41) is 3.54. The van der Waals surface area contributed by atoms with E-state index in [0.29, 0.717) is 11.0 Å². The number of nitrogens with two attached hydrogens (primary N) is 1. The van der Waals surface area contributed by atoms with Crippen LogP contribution in [0.1, 0.15) is 24.6 Å². The molecule has 3 N–H and O–H groups in total. The number of amides is 1. The lowest BCUT2D eigenvalue weighted by atomic mass is 9.98. The first-order valence-electron chi connectivity index (χ1n) is 6.30. The fourth-order valence-corrected chi connectivity index (χ4v) is 3.09. The van der Waals surface area contributed by atoms with Crippen LogP contribution in [0.4, 0.5) is 5.13 Å². The van der Waals surface area contributed by atoms with Crippen molar-refractivity contribution in [3.8, 4) is 0 Å². The average Bonchev–Trinajstić information content (AvgIpc) is 2.73. The van der Waals surface area contributed by atoms with E-state index < -0.39 is 0 Å². The maximum Gasteiger partial charge on any atom is 0.216 e. The number of hydrogen-bond donors (Lipinski definition) is 2. The number of nitrogens with zero attached hydrogens (tertiary/aromatic N) is 2. The van der Waals surface area contributed by atoms with Gasteiger partial charge in [-0.3, -0.25) is 9.69 Å². The van der Waals surface area contributed by atoms with E-state index in [2.05, 4.69) is 15.2 Å². The largest absolute Gasteiger partial charge is 0.375 e. The number of nitrogen functional groups attached to an aromatic ring is 1. The molecule has 0 bridgehead atoms. The molecule has 7 heteroatoms. The average molecular weight is 305 g/mol. The molecule has 1 aliphatic rings. The molecule has 1 atom stereocenters. The quantitative estimate of drug-likeness (QED) is 0.884. The summed E-state index contributed by atoms with van der Waals surface area (Å²) in [6.07, 6.45) is 4.25. The second kappa shape index (κ2) is 7.67. The van der Waals surface area contributed by atoms with Gasteiger partial charge >= 0.3 is 0 Å². The molecule has 19 heavy (non-hydrogen) atoms. The van der Waals surface area contributed by atoms with Gasteiger partial charge in [-0.25, -0.2) is 4.98 Å². The standard InChI is InChI=1S/C12H20N4OS.ClH/c1-9(17)14-5-10-3-2-4-16(7-10)8-11-6-15-12(13)18-11;/h6,10H,2-5,7-8H2,1H3,(H2,13,15)(H,14,17);1H. The molecule has 0 saturated carbocycles. The van der Waals surface area contributed by atoms with E-state index in [1.807, 2.05) is 6.20 Å². The zero-order chi connectivity index (χ0) is 13.0. The molecule has 1 amide bonds. The molecule has 2 rings (SSSR count). The molecule has 2 heterocycles. The highest BCUT2D eigenvalue weighted by atomic mass is 35.5. The fourth-order valence-electron chi connectivity index (χ4n) is 2.37. The van der Waals surface area contributed by atoms with E-state index in [9.17, 15) is 4.79 Å². The lowest BCUT2D eigenvalue weighted by Gasteiger charge is -2.32. The zero-order valence-electron chi connectivity index (χ0n) is 11.1. The van der Waals surface area contributed by atoms with E-state index in [1.165, 1.54) is 17.7 Å². The number of nitrogens with one attached hydrogen (secondary N) is 1. The Kier molecular flexibility index (Phi) is 6.54. The SMILES string of the molecule is CC(=O)NCC1CCCN(Cc2cnc(N)s2)C1.Cl. The van der Waals surface area contributed by atoms with Crippen LogP contribution >= 0.6 is 23.7 Å². The van der Waals surface area contributed by atoms with Gasteiger partial charge in [0.25, 0.3) is 0 Å². The van der Waals surface area contributed by atoms with Gasteiger partial charge in [-0.2, -0.15) is 0 Å². The predicted octanol–water partition coefficient (Wildman–Crippen LogP) is 1.50. The summed E-state index contributed by atoms with van der Waals surface area (Å²) >= 11 is 1.56. The Morgan fingerprint density at radius 1 is 1.68 bits per heavy atom. The van der Waals surface area contributed by atoms with Crippen molar-refractivity contribution < 1.29 is 4.79 Å². The van der Waals surface area contributed by atoms with E-state index >= 15 is 0 Å². The van der Waals surface area contributed by atoms with Crippen LogP contribution in [-0.2, 0) is 11.3 Å². The Morgan fingerprint density at radius 2 is 2.47 bits per heavy atom. The Labute approximate surface area is 124 Å². The number of carbonyl (C=O) groups excluding carboxylic acids is 1. The Morgan fingerprint density at radius 3 is 3.11 bits per heavy atom. The highest BCUT2D eigenvalue weighted by Crippen LogP contribution is 2.21. The van der Waals surface area contributed by atoms with Gasteiger partial charge in [-0.15, -0.1) is 23.7 Å². The predicted molar refractivity (Wildman–Crippen MR) is 80.5 cm³/mol. The Hall–Kier alpha value is -0.850. The Bertz CT molecular complexity index is 412. The highest BCUT2D eigenvalue weighted by Gasteiger charge is 2.20. The third-order valence-electron chi connectivity index (χ3n) is 3.19. The maximum absolute atomic E-state index is 10.9. The summed E-state index contributed by atoms with van der Waals surface area (Å²) in [7, 11) is 0.